The van der Waals surface area contributed by atoms with Crippen molar-refractivity contribution in [1.29, 1.82) is 0 Å². The molecule has 1 saturated heterocycles. The first kappa shape index (κ1) is 22.1. The number of benzene rings is 2. The highest BCUT2D eigenvalue weighted by Crippen LogP contribution is 2.17. The molecule has 168 valence electrons. The van der Waals surface area contributed by atoms with E-state index in [1.165, 1.54) is 26.2 Å². The summed E-state index contributed by atoms with van der Waals surface area (Å²) < 4.78 is 27.3. The largest absolute Gasteiger partial charge is 0.336 e. The number of nitrogens with zero attached hydrogens (tertiary/aromatic N) is 7. The fourth-order valence-electron chi connectivity index (χ4n) is 3.55. The highest BCUT2D eigenvalue weighted by atomic mass is 32.2. The molecule has 0 unspecified atom stereocenters. The van der Waals surface area contributed by atoms with E-state index in [0.29, 0.717) is 38.3 Å². The Hall–Kier alpha value is -3.15. The molecule has 1 aliphatic rings. The molecule has 32 heavy (non-hydrogen) atoms. The fourth-order valence-corrected chi connectivity index (χ4v) is 4.45. The summed E-state index contributed by atoms with van der Waals surface area (Å²) in [5, 5.41) is 12.1. The highest BCUT2D eigenvalue weighted by molar-refractivity contribution is 7.89. The van der Waals surface area contributed by atoms with Gasteiger partial charge in [0.15, 0.2) is 5.82 Å². The molecule has 2 aromatic carbocycles. The lowest BCUT2D eigenvalue weighted by Gasteiger charge is -2.34. The second-order valence-corrected chi connectivity index (χ2v) is 9.87. The Morgan fingerprint density at radius 1 is 0.969 bits per heavy atom. The number of carbonyl (C=O) groups is 1. The topological polar surface area (TPSA) is 105 Å². The molecule has 1 fully saturated rings. The van der Waals surface area contributed by atoms with Crippen LogP contribution in [0.2, 0.25) is 0 Å². The molecular formula is C21H25N7O3S. The summed E-state index contributed by atoms with van der Waals surface area (Å²) in [5.74, 6) is 0.640. The van der Waals surface area contributed by atoms with Crippen LogP contribution in [0.3, 0.4) is 0 Å². The van der Waals surface area contributed by atoms with Gasteiger partial charge in [0, 0.05) is 45.8 Å². The molecular weight excluding hydrogens is 430 g/mol. The molecule has 1 amide bonds. The summed E-state index contributed by atoms with van der Waals surface area (Å²) in [6.45, 7) is 3.12. The lowest BCUT2D eigenvalue weighted by Crippen LogP contribution is -2.48. The summed E-state index contributed by atoms with van der Waals surface area (Å²) in [5.41, 5.74) is 1.38. The van der Waals surface area contributed by atoms with E-state index in [0.717, 1.165) is 15.8 Å². The fraction of sp³-hybridized carbons (Fsp3) is 0.333. The van der Waals surface area contributed by atoms with E-state index in [-0.39, 0.29) is 10.8 Å². The summed E-state index contributed by atoms with van der Waals surface area (Å²) in [6, 6.07) is 15.8. The molecule has 2 heterocycles. The maximum atomic E-state index is 12.9. The lowest BCUT2D eigenvalue weighted by molar-refractivity contribution is 0.0624. The number of hydrogen-bond acceptors (Lipinski definition) is 7. The van der Waals surface area contributed by atoms with Crippen LogP contribution in [0.25, 0.3) is 5.69 Å². The predicted octanol–water partition coefficient (Wildman–Crippen LogP) is 0.871. The minimum Gasteiger partial charge on any atom is -0.336 e. The van der Waals surface area contributed by atoms with Gasteiger partial charge in [-0.2, -0.15) is 4.68 Å². The van der Waals surface area contributed by atoms with Crippen molar-refractivity contribution >= 4 is 15.9 Å². The SMILES string of the molecule is CN(C)S(=O)(=O)c1ccc(C(=O)N2CCN(Cc3nnnn3-c3ccccc3)CC2)cc1. The molecule has 10 nitrogen and oxygen atoms in total. The van der Waals surface area contributed by atoms with Gasteiger partial charge in [0.1, 0.15) is 0 Å². The number of tetrazole rings is 1. The second-order valence-electron chi connectivity index (χ2n) is 7.72. The van der Waals surface area contributed by atoms with Gasteiger partial charge in [-0.3, -0.25) is 9.69 Å². The van der Waals surface area contributed by atoms with E-state index in [1.54, 1.807) is 21.7 Å². The molecule has 1 aliphatic heterocycles. The average molecular weight is 456 g/mol. The Balaban J connectivity index is 1.36. The minimum absolute atomic E-state index is 0.104. The van der Waals surface area contributed by atoms with E-state index in [9.17, 15) is 13.2 Å². The molecule has 1 aromatic heterocycles. The van der Waals surface area contributed by atoms with Crippen molar-refractivity contribution in [2.24, 2.45) is 0 Å². The Morgan fingerprint density at radius 3 is 2.25 bits per heavy atom. The van der Waals surface area contributed by atoms with Crippen molar-refractivity contribution in [1.82, 2.24) is 34.3 Å². The molecule has 0 N–H and O–H groups in total. The Bertz CT molecular complexity index is 1170. The summed E-state index contributed by atoms with van der Waals surface area (Å²) in [7, 11) is -0.560. The quantitative estimate of drug-likeness (QED) is 0.543. The zero-order valence-corrected chi connectivity index (χ0v) is 18.8. The van der Waals surface area contributed by atoms with Crippen LogP contribution in [0.15, 0.2) is 59.5 Å². The number of para-hydroxylation sites is 1. The van der Waals surface area contributed by atoms with Crippen LogP contribution in [-0.4, -0.2) is 88.9 Å². The summed E-state index contributed by atoms with van der Waals surface area (Å²) in [6.07, 6.45) is 0. The summed E-state index contributed by atoms with van der Waals surface area (Å²) >= 11 is 0. The van der Waals surface area contributed by atoms with Crippen molar-refractivity contribution in [2.45, 2.75) is 11.4 Å². The number of aromatic nitrogens is 4. The third-order valence-electron chi connectivity index (χ3n) is 5.44. The van der Waals surface area contributed by atoms with Crippen LogP contribution < -0.4 is 0 Å². The van der Waals surface area contributed by atoms with Gasteiger partial charge in [0.25, 0.3) is 5.91 Å². The summed E-state index contributed by atoms with van der Waals surface area (Å²) in [4.78, 5) is 17.0. The highest BCUT2D eigenvalue weighted by Gasteiger charge is 2.24. The maximum absolute atomic E-state index is 12.9. The van der Waals surface area contributed by atoms with Gasteiger partial charge < -0.3 is 4.90 Å². The van der Waals surface area contributed by atoms with Crippen LogP contribution in [-0.2, 0) is 16.6 Å². The van der Waals surface area contributed by atoms with Crippen molar-refractivity contribution in [3.63, 3.8) is 0 Å². The van der Waals surface area contributed by atoms with Crippen molar-refractivity contribution in [3.05, 3.63) is 66.0 Å². The van der Waals surface area contributed by atoms with E-state index in [4.69, 9.17) is 0 Å². The Labute approximate surface area is 187 Å². The number of carbonyl (C=O) groups excluding carboxylic acids is 1. The lowest BCUT2D eigenvalue weighted by atomic mass is 10.2. The van der Waals surface area contributed by atoms with Gasteiger partial charge >= 0.3 is 0 Å². The molecule has 0 saturated carbocycles. The number of piperazine rings is 1. The first-order valence-electron chi connectivity index (χ1n) is 10.2. The number of amides is 1. The van der Waals surface area contributed by atoms with E-state index < -0.39 is 10.0 Å². The first-order valence-corrected chi connectivity index (χ1v) is 11.7. The van der Waals surface area contributed by atoms with Crippen LogP contribution in [0, 0.1) is 0 Å². The van der Waals surface area contributed by atoms with Crippen LogP contribution in [0.1, 0.15) is 16.2 Å². The van der Waals surface area contributed by atoms with Gasteiger partial charge in [0.05, 0.1) is 17.1 Å². The van der Waals surface area contributed by atoms with Crippen molar-refractivity contribution in [2.75, 3.05) is 40.3 Å². The molecule has 0 aliphatic carbocycles. The second kappa shape index (κ2) is 9.15. The molecule has 0 radical (unpaired) electrons. The van der Waals surface area contributed by atoms with E-state index in [2.05, 4.69) is 20.4 Å². The zero-order chi connectivity index (χ0) is 22.7. The van der Waals surface area contributed by atoms with Gasteiger partial charge in [0.2, 0.25) is 10.0 Å². The third kappa shape index (κ3) is 4.54. The van der Waals surface area contributed by atoms with Gasteiger partial charge in [-0.15, -0.1) is 5.10 Å². The zero-order valence-electron chi connectivity index (χ0n) is 18.0. The molecule has 0 atom stereocenters. The van der Waals surface area contributed by atoms with Gasteiger partial charge in [-0.05, 0) is 46.8 Å². The molecule has 11 heteroatoms. The molecule has 0 spiro atoms. The molecule has 4 rings (SSSR count). The van der Waals surface area contributed by atoms with Crippen molar-refractivity contribution in [3.8, 4) is 5.69 Å². The monoisotopic (exact) mass is 455 g/mol. The Morgan fingerprint density at radius 2 is 1.62 bits per heavy atom. The molecule has 0 bridgehead atoms. The maximum Gasteiger partial charge on any atom is 0.253 e. The van der Waals surface area contributed by atoms with E-state index >= 15 is 0 Å². The number of rotatable bonds is 6. The predicted molar refractivity (Wildman–Crippen MR) is 118 cm³/mol. The average Bonchev–Trinajstić information content (AvgIpc) is 3.28. The standard InChI is InChI=1S/C21H25N7O3S/c1-25(2)32(30,31)19-10-8-17(9-11-19)21(29)27-14-12-26(13-15-27)16-20-22-23-24-28(20)18-6-4-3-5-7-18/h3-11H,12-16H2,1-2H3. The van der Waals surface area contributed by atoms with E-state index in [1.807, 2.05) is 30.3 Å². The van der Waals surface area contributed by atoms with Crippen LogP contribution in [0.4, 0.5) is 0 Å². The normalized spacial score (nSPS) is 15.3. The van der Waals surface area contributed by atoms with Gasteiger partial charge in [-0.25, -0.2) is 12.7 Å². The van der Waals surface area contributed by atoms with Crippen LogP contribution >= 0.6 is 0 Å². The third-order valence-corrected chi connectivity index (χ3v) is 7.27. The molecule has 3 aromatic rings. The smallest absolute Gasteiger partial charge is 0.253 e. The van der Waals surface area contributed by atoms with Crippen molar-refractivity contribution < 1.29 is 13.2 Å². The number of sulfonamides is 1. The first-order chi connectivity index (χ1) is 15.4. The Kier molecular flexibility index (Phi) is 6.31. The van der Waals surface area contributed by atoms with Gasteiger partial charge in [-0.1, -0.05) is 18.2 Å². The number of hydrogen-bond donors (Lipinski definition) is 0. The van der Waals surface area contributed by atoms with Crippen LogP contribution in [0.5, 0.6) is 0 Å². The minimum atomic E-state index is -3.52.